The Morgan fingerprint density at radius 1 is 1.62 bits per heavy atom. The predicted molar refractivity (Wildman–Crippen MR) is 45.6 cm³/mol. The Kier molecular flexibility index (Phi) is 2.60. The van der Waals surface area contributed by atoms with Gasteiger partial charge in [-0.05, 0) is 11.6 Å². The molecule has 4 heteroatoms. The van der Waals surface area contributed by atoms with Crippen LogP contribution in [0.4, 0.5) is 10.1 Å². The Balaban J connectivity index is 3.07. The maximum Gasteiger partial charge on any atom is 0.304 e. The topological polar surface area (TPSA) is 43.1 Å². The molecule has 0 aliphatic carbocycles. The van der Waals surface area contributed by atoms with Gasteiger partial charge in [0.1, 0.15) is 0 Å². The number of nitrogens with zero attached hydrogens (tertiary/aromatic N) is 1. The fraction of sp³-hybridized carbons (Fsp3) is 0.111. The van der Waals surface area contributed by atoms with Gasteiger partial charge in [0.2, 0.25) is 5.82 Å². The van der Waals surface area contributed by atoms with Crippen LogP contribution >= 0.6 is 0 Å². The van der Waals surface area contributed by atoms with Crippen LogP contribution in [0.25, 0.3) is 0 Å². The van der Waals surface area contributed by atoms with E-state index in [1.807, 2.05) is 0 Å². The Morgan fingerprint density at radius 3 is 2.77 bits per heavy atom. The van der Waals surface area contributed by atoms with Crippen LogP contribution in [0, 0.1) is 28.3 Å². The lowest BCUT2D eigenvalue weighted by Crippen LogP contribution is -1.93. The van der Waals surface area contributed by atoms with Gasteiger partial charge in [0.05, 0.1) is 4.92 Å². The maximum absolute atomic E-state index is 12.9. The van der Waals surface area contributed by atoms with Crippen molar-refractivity contribution in [2.75, 3.05) is 0 Å². The first-order chi connectivity index (χ1) is 6.15. The SMILES string of the molecule is C#CCc1ccc([N+](=O)[O-])c(F)c1. The van der Waals surface area contributed by atoms with Gasteiger partial charge in [-0.15, -0.1) is 12.3 Å². The van der Waals surface area contributed by atoms with Gasteiger partial charge >= 0.3 is 5.69 Å². The Bertz CT molecular complexity index is 382. The molecule has 3 nitrogen and oxygen atoms in total. The number of hydrogen-bond donors (Lipinski definition) is 0. The Morgan fingerprint density at radius 2 is 2.31 bits per heavy atom. The lowest BCUT2D eigenvalue weighted by atomic mass is 10.1. The largest absolute Gasteiger partial charge is 0.304 e. The Hall–Kier alpha value is -1.89. The minimum Gasteiger partial charge on any atom is -0.258 e. The monoisotopic (exact) mass is 179 g/mol. The molecule has 0 unspecified atom stereocenters. The van der Waals surface area contributed by atoms with E-state index >= 15 is 0 Å². The number of halogens is 1. The Labute approximate surface area is 74.3 Å². The normalized spacial score (nSPS) is 9.23. The average molecular weight is 179 g/mol. The van der Waals surface area contributed by atoms with Gasteiger partial charge < -0.3 is 0 Å². The highest BCUT2D eigenvalue weighted by molar-refractivity contribution is 5.36. The van der Waals surface area contributed by atoms with E-state index in [1.54, 1.807) is 0 Å². The fourth-order valence-corrected chi connectivity index (χ4v) is 0.926. The molecule has 0 fully saturated rings. The van der Waals surface area contributed by atoms with E-state index < -0.39 is 16.4 Å². The van der Waals surface area contributed by atoms with Crippen LogP contribution in [0.2, 0.25) is 0 Å². The van der Waals surface area contributed by atoms with Crippen LogP contribution in [0.3, 0.4) is 0 Å². The van der Waals surface area contributed by atoms with Crippen LogP contribution < -0.4 is 0 Å². The molecule has 1 aromatic carbocycles. The number of hydrogen-bond acceptors (Lipinski definition) is 2. The highest BCUT2D eigenvalue weighted by Crippen LogP contribution is 2.17. The summed E-state index contributed by atoms with van der Waals surface area (Å²) in [6.07, 6.45) is 5.27. The second-order valence-corrected chi connectivity index (χ2v) is 2.42. The van der Waals surface area contributed by atoms with Crippen molar-refractivity contribution in [3.05, 3.63) is 39.7 Å². The molecule has 0 aliphatic rings. The van der Waals surface area contributed by atoms with Crippen LogP contribution in [0.15, 0.2) is 18.2 Å². The van der Waals surface area contributed by atoms with E-state index in [9.17, 15) is 14.5 Å². The second-order valence-electron chi connectivity index (χ2n) is 2.42. The third-order valence-corrected chi connectivity index (χ3v) is 1.51. The molecule has 0 bridgehead atoms. The van der Waals surface area contributed by atoms with Gasteiger partial charge in [0.15, 0.2) is 0 Å². The first-order valence-corrected chi connectivity index (χ1v) is 3.51. The molecule has 1 aromatic rings. The molecule has 1 rings (SSSR count). The van der Waals surface area contributed by atoms with Crippen LogP contribution in [-0.4, -0.2) is 4.92 Å². The number of terminal acetylenes is 1. The molecule has 0 saturated carbocycles. The molecule has 0 spiro atoms. The van der Waals surface area contributed by atoms with Crippen molar-refractivity contribution in [3.63, 3.8) is 0 Å². The molecule has 13 heavy (non-hydrogen) atoms. The van der Waals surface area contributed by atoms with Crippen molar-refractivity contribution < 1.29 is 9.31 Å². The van der Waals surface area contributed by atoms with Crippen molar-refractivity contribution >= 4 is 5.69 Å². The predicted octanol–water partition coefficient (Wildman–Crippen LogP) is 1.91. The number of rotatable bonds is 2. The standard InChI is InChI=1S/C9H6FNO2/c1-2-3-7-4-5-9(11(12)13)8(10)6-7/h1,4-6H,3H2. The summed E-state index contributed by atoms with van der Waals surface area (Å²) in [6, 6.07) is 3.64. The minimum absolute atomic E-state index is 0.273. The molecule has 66 valence electrons. The molecular formula is C9H6FNO2. The van der Waals surface area contributed by atoms with Gasteiger partial charge in [0.25, 0.3) is 0 Å². The van der Waals surface area contributed by atoms with Crippen LogP contribution in [0.5, 0.6) is 0 Å². The van der Waals surface area contributed by atoms with Gasteiger partial charge in [-0.25, -0.2) is 0 Å². The summed E-state index contributed by atoms with van der Waals surface area (Å²) in [5, 5.41) is 10.2. The van der Waals surface area contributed by atoms with Gasteiger partial charge in [0, 0.05) is 12.5 Å². The zero-order valence-electron chi connectivity index (χ0n) is 6.66. The third-order valence-electron chi connectivity index (χ3n) is 1.51. The summed E-state index contributed by atoms with van der Waals surface area (Å²) in [6.45, 7) is 0. The number of nitro benzene ring substituents is 1. The molecule has 0 saturated heterocycles. The summed E-state index contributed by atoms with van der Waals surface area (Å²) in [5.74, 6) is 1.47. The van der Waals surface area contributed by atoms with E-state index in [4.69, 9.17) is 6.42 Å². The molecule has 0 aliphatic heterocycles. The number of benzene rings is 1. The van der Waals surface area contributed by atoms with Gasteiger partial charge in [-0.1, -0.05) is 6.07 Å². The molecule has 0 atom stereocenters. The van der Waals surface area contributed by atoms with Gasteiger partial charge in [-0.3, -0.25) is 10.1 Å². The number of nitro groups is 1. The summed E-state index contributed by atoms with van der Waals surface area (Å²) >= 11 is 0. The second kappa shape index (κ2) is 3.68. The first kappa shape index (κ1) is 9.20. The van der Waals surface area contributed by atoms with E-state index in [1.165, 1.54) is 6.07 Å². The first-order valence-electron chi connectivity index (χ1n) is 3.51. The van der Waals surface area contributed by atoms with Crippen molar-refractivity contribution in [1.82, 2.24) is 0 Å². The third kappa shape index (κ3) is 2.03. The summed E-state index contributed by atoms with van der Waals surface area (Å²) < 4.78 is 12.9. The van der Waals surface area contributed by atoms with E-state index in [-0.39, 0.29) is 6.42 Å². The van der Waals surface area contributed by atoms with E-state index in [2.05, 4.69) is 5.92 Å². The van der Waals surface area contributed by atoms with Crippen LogP contribution in [-0.2, 0) is 6.42 Å². The smallest absolute Gasteiger partial charge is 0.258 e. The molecule has 0 amide bonds. The van der Waals surface area contributed by atoms with E-state index in [0.29, 0.717) is 5.56 Å². The van der Waals surface area contributed by atoms with Crippen molar-refractivity contribution in [1.29, 1.82) is 0 Å². The highest BCUT2D eigenvalue weighted by Gasteiger charge is 2.12. The van der Waals surface area contributed by atoms with Crippen LogP contribution in [0.1, 0.15) is 5.56 Å². The molecule has 0 N–H and O–H groups in total. The molecule has 0 radical (unpaired) electrons. The summed E-state index contributed by atoms with van der Waals surface area (Å²) in [5.41, 5.74) is 0.0337. The van der Waals surface area contributed by atoms with Crippen molar-refractivity contribution in [2.24, 2.45) is 0 Å². The zero-order chi connectivity index (χ0) is 9.84. The highest BCUT2D eigenvalue weighted by atomic mass is 19.1. The van der Waals surface area contributed by atoms with E-state index in [0.717, 1.165) is 12.1 Å². The molecular weight excluding hydrogens is 173 g/mol. The summed E-state index contributed by atoms with van der Waals surface area (Å²) in [4.78, 5) is 9.45. The molecule has 0 heterocycles. The van der Waals surface area contributed by atoms with Crippen molar-refractivity contribution in [3.8, 4) is 12.3 Å². The fourth-order valence-electron chi connectivity index (χ4n) is 0.926. The zero-order valence-corrected chi connectivity index (χ0v) is 6.66. The van der Waals surface area contributed by atoms with Crippen molar-refractivity contribution in [2.45, 2.75) is 6.42 Å². The lowest BCUT2D eigenvalue weighted by molar-refractivity contribution is -0.387. The lowest BCUT2D eigenvalue weighted by Gasteiger charge is -1.96. The summed E-state index contributed by atoms with van der Waals surface area (Å²) in [7, 11) is 0. The molecule has 0 aromatic heterocycles. The van der Waals surface area contributed by atoms with Gasteiger partial charge in [-0.2, -0.15) is 4.39 Å². The average Bonchev–Trinajstić information content (AvgIpc) is 2.04. The minimum atomic E-state index is -0.849. The maximum atomic E-state index is 12.9. The quantitative estimate of drug-likeness (QED) is 0.395.